The normalized spacial score (nSPS) is 14.9. The van der Waals surface area contributed by atoms with Crippen LogP contribution < -0.4 is 5.32 Å². The highest BCUT2D eigenvalue weighted by Crippen LogP contribution is 2.33. The Morgan fingerprint density at radius 1 is 0.822 bits per heavy atom. The molecule has 0 radical (unpaired) electrons. The van der Waals surface area contributed by atoms with Gasteiger partial charge in [-0.15, -0.1) is 12.4 Å². The molecule has 0 bridgehead atoms. The summed E-state index contributed by atoms with van der Waals surface area (Å²) in [6, 6.07) is 31.2. The number of nitrogens with one attached hydrogen (secondary N) is 1. The summed E-state index contributed by atoms with van der Waals surface area (Å²) in [4.78, 5) is 8.83. The standard InChI is InChI=1S/C35H39F3N4O.ClH.H2S/c1-26-13-15-27(16-14-26)31-23-30(24-33(40-31)35(36,37)38)32(43)25-39-17-8-18-41-19-21-42(22-20-41)34(28-9-4-2-5-10-28)29-11-6-3-7-12-29;;/h2-7,9-16,23-24,32,34,39,43H,8,17-22,25H2,1H3;1H;1H2/t32-;;/m1../s1. The fourth-order valence-electron chi connectivity index (χ4n) is 5.68. The van der Waals surface area contributed by atoms with Gasteiger partial charge in [0.15, 0.2) is 0 Å². The average Bonchev–Trinajstić information content (AvgIpc) is 3.02. The number of alkyl halides is 3. The first kappa shape index (κ1) is 36.5. The Morgan fingerprint density at radius 3 is 1.96 bits per heavy atom. The Morgan fingerprint density at radius 2 is 1.40 bits per heavy atom. The number of aromatic nitrogens is 1. The molecule has 0 aliphatic carbocycles. The SMILES string of the molecule is Cc1ccc(-c2cc([C@H](O)CNCCCN3CCN(C(c4ccccc4)c4ccccc4)CC3)cc(C(F)(F)F)n2)cc1.Cl.S. The van der Waals surface area contributed by atoms with E-state index in [2.05, 4.69) is 80.8 Å². The molecule has 1 aliphatic heterocycles. The van der Waals surface area contributed by atoms with Gasteiger partial charge in [0.25, 0.3) is 0 Å². The van der Waals surface area contributed by atoms with E-state index in [4.69, 9.17) is 0 Å². The minimum atomic E-state index is -4.60. The topological polar surface area (TPSA) is 51.6 Å². The van der Waals surface area contributed by atoms with Crippen molar-refractivity contribution in [3.05, 3.63) is 125 Å². The summed E-state index contributed by atoms with van der Waals surface area (Å²) in [5.41, 5.74) is 3.58. The summed E-state index contributed by atoms with van der Waals surface area (Å²) in [6.45, 7) is 7.53. The number of aliphatic hydroxyl groups is 1. The maximum absolute atomic E-state index is 13.6. The molecule has 0 unspecified atom stereocenters. The van der Waals surface area contributed by atoms with Crippen LogP contribution >= 0.6 is 25.9 Å². The summed E-state index contributed by atoms with van der Waals surface area (Å²) in [5, 5.41) is 14.0. The van der Waals surface area contributed by atoms with E-state index in [9.17, 15) is 18.3 Å². The number of hydrogen-bond donors (Lipinski definition) is 2. The van der Waals surface area contributed by atoms with Crippen molar-refractivity contribution in [3.63, 3.8) is 0 Å². The van der Waals surface area contributed by atoms with Crippen LogP contribution in [0.3, 0.4) is 0 Å². The molecular weight excluding hydrogens is 617 g/mol. The molecule has 1 aliphatic rings. The zero-order valence-corrected chi connectivity index (χ0v) is 27.2. The lowest BCUT2D eigenvalue weighted by Crippen LogP contribution is -2.48. The monoisotopic (exact) mass is 658 g/mol. The van der Waals surface area contributed by atoms with Crippen LogP contribution in [0.1, 0.15) is 46.5 Å². The fourth-order valence-corrected chi connectivity index (χ4v) is 5.68. The Bertz CT molecular complexity index is 1400. The van der Waals surface area contributed by atoms with Gasteiger partial charge in [0.05, 0.1) is 17.8 Å². The maximum Gasteiger partial charge on any atom is 0.433 e. The van der Waals surface area contributed by atoms with Gasteiger partial charge in [-0.1, -0.05) is 90.5 Å². The Kier molecular flexibility index (Phi) is 13.9. The van der Waals surface area contributed by atoms with Gasteiger partial charge in [0.2, 0.25) is 0 Å². The summed E-state index contributed by atoms with van der Waals surface area (Å²) in [6.07, 6.45) is -4.80. The summed E-state index contributed by atoms with van der Waals surface area (Å²) in [7, 11) is 0. The minimum absolute atomic E-state index is 0. The van der Waals surface area contributed by atoms with E-state index >= 15 is 0 Å². The van der Waals surface area contributed by atoms with Crippen LogP contribution in [0.25, 0.3) is 11.3 Å². The molecule has 0 saturated carbocycles. The number of aliphatic hydroxyl groups excluding tert-OH is 1. The first-order valence-corrected chi connectivity index (χ1v) is 14.9. The van der Waals surface area contributed by atoms with Crippen molar-refractivity contribution >= 4 is 25.9 Å². The smallest absolute Gasteiger partial charge is 0.387 e. The molecule has 3 aromatic carbocycles. The van der Waals surface area contributed by atoms with Crippen LogP contribution in [0.5, 0.6) is 0 Å². The van der Waals surface area contributed by atoms with Crippen LogP contribution in [0, 0.1) is 6.92 Å². The highest BCUT2D eigenvalue weighted by atomic mass is 35.5. The van der Waals surface area contributed by atoms with E-state index in [1.165, 1.54) is 11.1 Å². The van der Waals surface area contributed by atoms with Crippen molar-refractivity contribution in [2.45, 2.75) is 31.7 Å². The largest absolute Gasteiger partial charge is 0.433 e. The van der Waals surface area contributed by atoms with Crippen molar-refractivity contribution in [3.8, 4) is 11.3 Å². The third-order valence-corrected chi connectivity index (χ3v) is 8.04. The molecule has 10 heteroatoms. The fraction of sp³-hybridized carbons (Fsp3) is 0.343. The molecule has 5 nitrogen and oxygen atoms in total. The van der Waals surface area contributed by atoms with E-state index in [-0.39, 0.29) is 49.7 Å². The van der Waals surface area contributed by atoms with Gasteiger partial charge in [0.1, 0.15) is 5.69 Å². The molecular formula is C35H42ClF3N4OS. The Balaban J connectivity index is 0.00000276. The highest BCUT2D eigenvalue weighted by molar-refractivity contribution is 7.59. The van der Waals surface area contributed by atoms with E-state index in [0.29, 0.717) is 12.1 Å². The van der Waals surface area contributed by atoms with Crippen molar-refractivity contribution in [2.24, 2.45) is 0 Å². The third-order valence-electron chi connectivity index (χ3n) is 8.04. The quantitative estimate of drug-likeness (QED) is 0.170. The summed E-state index contributed by atoms with van der Waals surface area (Å²) in [5.74, 6) is 0. The summed E-state index contributed by atoms with van der Waals surface area (Å²) >= 11 is 0. The molecule has 1 aromatic heterocycles. The van der Waals surface area contributed by atoms with Crippen LogP contribution in [0.15, 0.2) is 97.1 Å². The number of pyridine rings is 1. The predicted molar refractivity (Wildman–Crippen MR) is 182 cm³/mol. The van der Waals surface area contributed by atoms with Crippen LogP contribution in [-0.4, -0.2) is 65.7 Å². The molecule has 242 valence electrons. The summed E-state index contributed by atoms with van der Waals surface area (Å²) < 4.78 is 40.8. The highest BCUT2D eigenvalue weighted by Gasteiger charge is 2.34. The molecule has 45 heavy (non-hydrogen) atoms. The lowest BCUT2D eigenvalue weighted by atomic mass is 9.96. The number of benzene rings is 3. The second-order valence-corrected chi connectivity index (χ2v) is 11.2. The number of nitrogens with zero attached hydrogens (tertiary/aromatic N) is 3. The number of hydrogen-bond acceptors (Lipinski definition) is 5. The van der Waals surface area contributed by atoms with Gasteiger partial charge >= 0.3 is 6.18 Å². The molecule has 5 rings (SSSR count). The van der Waals surface area contributed by atoms with Gasteiger partial charge in [0, 0.05) is 38.3 Å². The average molecular weight is 659 g/mol. The molecule has 2 heterocycles. The lowest BCUT2D eigenvalue weighted by Gasteiger charge is -2.40. The first-order chi connectivity index (χ1) is 20.8. The molecule has 4 aromatic rings. The van der Waals surface area contributed by atoms with Gasteiger partial charge in [-0.2, -0.15) is 26.7 Å². The predicted octanol–water partition coefficient (Wildman–Crippen LogP) is 7.03. The van der Waals surface area contributed by atoms with Gasteiger partial charge in [-0.05, 0) is 55.3 Å². The Hall–Kier alpha value is -2.92. The van der Waals surface area contributed by atoms with Gasteiger partial charge in [-0.25, -0.2) is 4.98 Å². The van der Waals surface area contributed by atoms with E-state index < -0.39 is 18.0 Å². The van der Waals surface area contributed by atoms with Crippen molar-refractivity contribution < 1.29 is 18.3 Å². The van der Waals surface area contributed by atoms with Gasteiger partial charge < -0.3 is 15.3 Å². The molecule has 2 N–H and O–H groups in total. The minimum Gasteiger partial charge on any atom is -0.387 e. The second-order valence-electron chi connectivity index (χ2n) is 11.2. The van der Waals surface area contributed by atoms with E-state index in [1.807, 2.05) is 19.1 Å². The van der Waals surface area contributed by atoms with Crippen LogP contribution in [-0.2, 0) is 6.18 Å². The molecule has 1 saturated heterocycles. The van der Waals surface area contributed by atoms with Crippen molar-refractivity contribution in [1.82, 2.24) is 20.1 Å². The van der Waals surface area contributed by atoms with E-state index in [0.717, 1.165) is 50.8 Å². The van der Waals surface area contributed by atoms with Crippen molar-refractivity contribution in [2.75, 3.05) is 45.8 Å². The Labute approximate surface area is 277 Å². The third kappa shape index (κ3) is 10.0. The lowest BCUT2D eigenvalue weighted by molar-refractivity contribution is -0.141. The zero-order chi connectivity index (χ0) is 30.2. The molecule has 1 fully saturated rings. The van der Waals surface area contributed by atoms with Crippen LogP contribution in [0.4, 0.5) is 13.2 Å². The number of aryl methyl sites for hydroxylation is 1. The first-order valence-electron chi connectivity index (χ1n) is 14.9. The van der Waals surface area contributed by atoms with Crippen molar-refractivity contribution in [1.29, 1.82) is 0 Å². The zero-order valence-electron chi connectivity index (χ0n) is 25.4. The maximum atomic E-state index is 13.6. The van der Waals surface area contributed by atoms with E-state index in [1.54, 1.807) is 18.2 Å². The number of rotatable bonds is 11. The molecule has 1 atom stereocenters. The number of piperazine rings is 1. The molecule has 0 spiro atoms. The van der Waals surface area contributed by atoms with Crippen LogP contribution in [0.2, 0.25) is 0 Å². The van der Waals surface area contributed by atoms with Gasteiger partial charge in [-0.3, -0.25) is 4.90 Å². The number of halogens is 4. The second kappa shape index (κ2) is 17.1. The molecule has 0 amide bonds.